The number of rotatable bonds is 4. The molecular weight excluding hydrogens is 313 g/mol. The molecule has 2 atom stereocenters. The maximum atomic E-state index is 13.9. The summed E-state index contributed by atoms with van der Waals surface area (Å²) in [5, 5.41) is 2.98. The zero-order valence-electron chi connectivity index (χ0n) is 12.8. The van der Waals surface area contributed by atoms with Crippen molar-refractivity contribution in [3.05, 3.63) is 59.9 Å². The molecular formula is C18H18FNO2S. The maximum absolute atomic E-state index is 13.9. The summed E-state index contributed by atoms with van der Waals surface area (Å²) in [5.74, 6) is 1.02. The van der Waals surface area contributed by atoms with Crippen molar-refractivity contribution >= 4 is 17.7 Å². The standard InChI is InChI=1S/C18H18FNO2S/c1-12(22-13-6-3-2-4-7-13)18(21)20-16-10-11-23-17-14(16)8-5-9-15(17)19/h2-9,12,16H,10-11H2,1H3,(H,20,21). The van der Waals surface area contributed by atoms with E-state index in [1.807, 2.05) is 36.4 Å². The second kappa shape index (κ2) is 7.04. The number of carbonyl (C=O) groups excluding carboxylic acids is 1. The number of halogens is 1. The molecule has 0 aromatic heterocycles. The zero-order valence-corrected chi connectivity index (χ0v) is 13.6. The van der Waals surface area contributed by atoms with Gasteiger partial charge in [0.25, 0.3) is 5.91 Å². The molecule has 3 nitrogen and oxygen atoms in total. The lowest BCUT2D eigenvalue weighted by Gasteiger charge is -2.27. The first-order chi connectivity index (χ1) is 11.1. The van der Waals surface area contributed by atoms with Crippen molar-refractivity contribution in [2.45, 2.75) is 30.4 Å². The number of amides is 1. The fourth-order valence-corrected chi connectivity index (χ4v) is 3.72. The Kier molecular flexibility index (Phi) is 4.86. The van der Waals surface area contributed by atoms with Gasteiger partial charge < -0.3 is 10.1 Å². The van der Waals surface area contributed by atoms with Gasteiger partial charge in [0.1, 0.15) is 11.6 Å². The van der Waals surface area contributed by atoms with E-state index in [1.54, 1.807) is 13.0 Å². The summed E-state index contributed by atoms with van der Waals surface area (Å²) < 4.78 is 19.5. The minimum atomic E-state index is -0.607. The van der Waals surface area contributed by atoms with Crippen molar-refractivity contribution in [2.75, 3.05) is 5.75 Å². The fourth-order valence-electron chi connectivity index (χ4n) is 2.58. The predicted molar refractivity (Wildman–Crippen MR) is 89.2 cm³/mol. The summed E-state index contributed by atoms with van der Waals surface area (Å²) in [4.78, 5) is 13.0. The van der Waals surface area contributed by atoms with Gasteiger partial charge in [0.05, 0.1) is 6.04 Å². The van der Waals surface area contributed by atoms with Crippen LogP contribution in [0.15, 0.2) is 53.4 Å². The average molecular weight is 331 g/mol. The lowest BCUT2D eigenvalue weighted by Crippen LogP contribution is -2.39. The van der Waals surface area contributed by atoms with Gasteiger partial charge in [0.15, 0.2) is 6.10 Å². The molecule has 1 N–H and O–H groups in total. The van der Waals surface area contributed by atoms with Gasteiger partial charge in [-0.05, 0) is 37.1 Å². The van der Waals surface area contributed by atoms with Gasteiger partial charge >= 0.3 is 0 Å². The van der Waals surface area contributed by atoms with Gasteiger partial charge in [-0.25, -0.2) is 4.39 Å². The minimum absolute atomic E-state index is 0.170. The fraction of sp³-hybridized carbons (Fsp3) is 0.278. The lowest BCUT2D eigenvalue weighted by atomic mass is 10.0. The number of thioether (sulfide) groups is 1. The van der Waals surface area contributed by atoms with Crippen LogP contribution in [0.1, 0.15) is 24.9 Å². The Balaban J connectivity index is 1.68. The average Bonchev–Trinajstić information content (AvgIpc) is 2.56. The Hall–Kier alpha value is -2.01. The number of para-hydroxylation sites is 1. The first-order valence-electron chi connectivity index (χ1n) is 7.58. The van der Waals surface area contributed by atoms with Gasteiger partial charge in [-0.3, -0.25) is 4.79 Å². The van der Waals surface area contributed by atoms with Gasteiger partial charge in [-0.1, -0.05) is 30.3 Å². The molecule has 5 heteroatoms. The molecule has 1 amide bonds. The van der Waals surface area contributed by atoms with Crippen LogP contribution >= 0.6 is 11.8 Å². The molecule has 2 aromatic carbocycles. The summed E-state index contributed by atoms with van der Waals surface area (Å²) in [7, 11) is 0. The summed E-state index contributed by atoms with van der Waals surface area (Å²) in [5.41, 5.74) is 0.849. The molecule has 1 aliphatic heterocycles. The number of hydrogen-bond donors (Lipinski definition) is 1. The van der Waals surface area contributed by atoms with Crippen LogP contribution < -0.4 is 10.1 Å². The van der Waals surface area contributed by atoms with Gasteiger partial charge in [0, 0.05) is 10.6 Å². The van der Waals surface area contributed by atoms with Crippen LogP contribution in [0, 0.1) is 5.82 Å². The molecule has 0 bridgehead atoms. The highest BCUT2D eigenvalue weighted by Crippen LogP contribution is 2.37. The molecule has 23 heavy (non-hydrogen) atoms. The first-order valence-corrected chi connectivity index (χ1v) is 8.57. The van der Waals surface area contributed by atoms with Gasteiger partial charge in [0.2, 0.25) is 0 Å². The SMILES string of the molecule is CC(Oc1ccccc1)C(=O)NC1CCSc2c(F)cccc21. The van der Waals surface area contributed by atoms with E-state index in [9.17, 15) is 9.18 Å². The highest BCUT2D eigenvalue weighted by molar-refractivity contribution is 7.99. The highest BCUT2D eigenvalue weighted by atomic mass is 32.2. The van der Waals surface area contributed by atoms with E-state index in [0.29, 0.717) is 10.6 Å². The normalized spacial score (nSPS) is 17.9. The molecule has 2 aromatic rings. The summed E-state index contributed by atoms with van der Waals surface area (Å²) in [6, 6.07) is 14.1. The van der Waals surface area contributed by atoms with Crippen molar-refractivity contribution in [3.63, 3.8) is 0 Å². The number of benzene rings is 2. The quantitative estimate of drug-likeness (QED) is 0.922. The van der Waals surface area contributed by atoms with Crippen LogP contribution in [0.25, 0.3) is 0 Å². The molecule has 0 saturated heterocycles. The summed E-state index contributed by atoms with van der Waals surface area (Å²) >= 11 is 1.50. The van der Waals surface area contributed by atoms with E-state index >= 15 is 0 Å². The number of fused-ring (bicyclic) bond motifs is 1. The maximum Gasteiger partial charge on any atom is 0.261 e. The minimum Gasteiger partial charge on any atom is -0.481 e. The second-order valence-electron chi connectivity index (χ2n) is 5.43. The molecule has 120 valence electrons. The van der Waals surface area contributed by atoms with Crippen molar-refractivity contribution in [1.29, 1.82) is 0 Å². The third-order valence-corrected chi connectivity index (χ3v) is 4.93. The molecule has 0 fully saturated rings. The van der Waals surface area contributed by atoms with Crippen LogP contribution in [-0.4, -0.2) is 17.8 Å². The number of nitrogens with one attached hydrogen (secondary N) is 1. The van der Waals surface area contributed by atoms with E-state index in [0.717, 1.165) is 17.7 Å². The van der Waals surface area contributed by atoms with Gasteiger partial charge in [-0.2, -0.15) is 0 Å². The topological polar surface area (TPSA) is 38.3 Å². The van der Waals surface area contributed by atoms with Gasteiger partial charge in [-0.15, -0.1) is 11.8 Å². The van der Waals surface area contributed by atoms with Crippen LogP contribution in [0.4, 0.5) is 4.39 Å². The van der Waals surface area contributed by atoms with E-state index in [1.165, 1.54) is 17.8 Å². The van der Waals surface area contributed by atoms with Crippen molar-refractivity contribution in [3.8, 4) is 5.75 Å². The lowest BCUT2D eigenvalue weighted by molar-refractivity contribution is -0.128. The number of carbonyl (C=O) groups is 1. The molecule has 0 saturated carbocycles. The highest BCUT2D eigenvalue weighted by Gasteiger charge is 2.26. The molecule has 0 spiro atoms. The van der Waals surface area contributed by atoms with E-state index < -0.39 is 6.10 Å². The largest absolute Gasteiger partial charge is 0.481 e. The molecule has 0 aliphatic carbocycles. The number of hydrogen-bond acceptors (Lipinski definition) is 3. The van der Waals surface area contributed by atoms with Crippen molar-refractivity contribution < 1.29 is 13.9 Å². The predicted octanol–water partition coefficient (Wildman–Crippen LogP) is 3.95. The Morgan fingerprint density at radius 1 is 1.26 bits per heavy atom. The summed E-state index contributed by atoms with van der Waals surface area (Å²) in [6.07, 6.45) is 0.175. The molecule has 3 rings (SSSR count). The van der Waals surface area contributed by atoms with Crippen LogP contribution in [0.2, 0.25) is 0 Å². The molecule has 1 aliphatic rings. The van der Waals surface area contributed by atoms with E-state index in [-0.39, 0.29) is 17.8 Å². The Morgan fingerprint density at radius 3 is 2.83 bits per heavy atom. The van der Waals surface area contributed by atoms with Crippen molar-refractivity contribution in [2.24, 2.45) is 0 Å². The van der Waals surface area contributed by atoms with Crippen LogP contribution in [0.5, 0.6) is 5.75 Å². The monoisotopic (exact) mass is 331 g/mol. The third-order valence-electron chi connectivity index (χ3n) is 3.77. The Bertz CT molecular complexity index is 693. The zero-order chi connectivity index (χ0) is 16.2. The second-order valence-corrected chi connectivity index (χ2v) is 6.53. The Morgan fingerprint density at radius 2 is 2.04 bits per heavy atom. The first kappa shape index (κ1) is 15.9. The molecule has 1 heterocycles. The van der Waals surface area contributed by atoms with Crippen molar-refractivity contribution in [1.82, 2.24) is 5.32 Å². The van der Waals surface area contributed by atoms with E-state index in [4.69, 9.17) is 4.74 Å². The Labute approximate surface area is 139 Å². The smallest absolute Gasteiger partial charge is 0.261 e. The molecule has 2 unspecified atom stereocenters. The summed E-state index contributed by atoms with van der Waals surface area (Å²) in [6.45, 7) is 1.71. The third kappa shape index (κ3) is 3.67. The van der Waals surface area contributed by atoms with Crippen LogP contribution in [-0.2, 0) is 4.79 Å². The molecule has 0 radical (unpaired) electrons. The van der Waals surface area contributed by atoms with E-state index in [2.05, 4.69) is 5.32 Å². The van der Waals surface area contributed by atoms with Crippen LogP contribution in [0.3, 0.4) is 0 Å². The number of ether oxygens (including phenoxy) is 1.